The van der Waals surface area contributed by atoms with Crippen LogP contribution in [0.5, 0.6) is 0 Å². The molecule has 1 aliphatic rings. The Balaban J connectivity index is 1.91. The van der Waals surface area contributed by atoms with Crippen LogP contribution in [0.15, 0.2) is 53.3 Å². The molecule has 1 atom stereocenters. The van der Waals surface area contributed by atoms with Gasteiger partial charge in [0, 0.05) is 30.1 Å². The van der Waals surface area contributed by atoms with E-state index in [9.17, 15) is 32.3 Å². The number of amides is 1. The second kappa shape index (κ2) is 8.97. The van der Waals surface area contributed by atoms with Crippen molar-refractivity contribution in [1.82, 2.24) is 14.3 Å². The summed E-state index contributed by atoms with van der Waals surface area (Å²) in [5, 5.41) is 13.4. The molecule has 184 valence electrons. The van der Waals surface area contributed by atoms with E-state index < -0.39 is 48.2 Å². The molecule has 1 amide bonds. The maximum Gasteiger partial charge on any atom is 0.412 e. The topological polar surface area (TPSA) is 80.4 Å². The number of nitrogens with zero attached hydrogens (tertiary/aromatic N) is 4. The molecule has 7 nitrogen and oxygen atoms in total. The summed E-state index contributed by atoms with van der Waals surface area (Å²) in [6.45, 7) is 3.99. The van der Waals surface area contributed by atoms with Gasteiger partial charge in [-0.15, -0.1) is 5.10 Å². The molecular weight excluding hydrogens is 492 g/mol. The first-order chi connectivity index (χ1) is 16.5. The first kappa shape index (κ1) is 24.7. The smallest absolute Gasteiger partial charge is 0.388 e. The predicted molar refractivity (Wildman–Crippen MR) is 120 cm³/mol. The zero-order valence-corrected chi connectivity index (χ0v) is 19.1. The molecule has 2 aromatic carbocycles. The van der Waals surface area contributed by atoms with Crippen molar-refractivity contribution in [3.63, 3.8) is 0 Å². The highest BCUT2D eigenvalue weighted by Gasteiger charge is 2.44. The van der Waals surface area contributed by atoms with Crippen LogP contribution in [-0.2, 0) is 13.2 Å². The second-order valence-corrected chi connectivity index (χ2v) is 8.25. The van der Waals surface area contributed by atoms with Crippen molar-refractivity contribution < 1.29 is 27.5 Å². The number of halogens is 5. The number of benzene rings is 2. The lowest BCUT2D eigenvalue weighted by Gasteiger charge is -2.36. The molecule has 0 unspecified atom stereocenters. The number of aliphatic hydroxyl groups excluding tert-OH is 1. The number of para-hydroxylation sites is 1. The summed E-state index contributed by atoms with van der Waals surface area (Å²) in [7, 11) is 0. The van der Waals surface area contributed by atoms with Crippen molar-refractivity contribution in [3.8, 4) is 5.69 Å². The van der Waals surface area contributed by atoms with Gasteiger partial charge in [0.25, 0.3) is 5.91 Å². The fraction of sp³-hybridized carbons (Fsp3) is 0.261. The SMILES string of the molecule is C=C([C@@H]1CN(c2c(F)cccc2Cl)C(=O)c2ccc(-n3nc(CO)n(CC)c3=O)cc21)C(F)(F)F. The number of aliphatic hydroxyl groups is 1. The quantitative estimate of drug-likeness (QED) is 0.412. The van der Waals surface area contributed by atoms with Crippen LogP contribution in [0.4, 0.5) is 23.2 Å². The number of rotatable bonds is 5. The van der Waals surface area contributed by atoms with E-state index >= 15 is 0 Å². The largest absolute Gasteiger partial charge is 0.412 e. The van der Waals surface area contributed by atoms with Gasteiger partial charge in [0.1, 0.15) is 12.4 Å². The Hall–Kier alpha value is -3.44. The summed E-state index contributed by atoms with van der Waals surface area (Å²) in [4.78, 5) is 26.9. The zero-order chi connectivity index (χ0) is 25.7. The summed E-state index contributed by atoms with van der Waals surface area (Å²) in [6, 6.07) is 7.54. The number of hydrogen-bond donors (Lipinski definition) is 1. The van der Waals surface area contributed by atoms with E-state index in [-0.39, 0.29) is 39.9 Å². The first-order valence-electron chi connectivity index (χ1n) is 10.4. The van der Waals surface area contributed by atoms with Gasteiger partial charge in [-0.25, -0.2) is 9.18 Å². The van der Waals surface area contributed by atoms with Crippen LogP contribution in [0, 0.1) is 5.82 Å². The Morgan fingerprint density at radius 1 is 1.26 bits per heavy atom. The van der Waals surface area contributed by atoms with Gasteiger partial charge in [-0.1, -0.05) is 24.2 Å². The van der Waals surface area contributed by atoms with Crippen LogP contribution < -0.4 is 10.6 Å². The van der Waals surface area contributed by atoms with Gasteiger partial charge in [-0.2, -0.15) is 17.9 Å². The highest BCUT2D eigenvalue weighted by Crippen LogP contribution is 2.43. The lowest BCUT2D eigenvalue weighted by Crippen LogP contribution is -2.42. The molecule has 4 rings (SSSR count). The molecule has 12 heteroatoms. The van der Waals surface area contributed by atoms with Crippen LogP contribution in [0.3, 0.4) is 0 Å². The van der Waals surface area contributed by atoms with Gasteiger partial charge in [0.2, 0.25) is 0 Å². The minimum atomic E-state index is -4.81. The van der Waals surface area contributed by atoms with E-state index in [4.69, 9.17) is 11.6 Å². The lowest BCUT2D eigenvalue weighted by atomic mass is 9.83. The van der Waals surface area contributed by atoms with E-state index in [1.807, 2.05) is 0 Å². The fourth-order valence-corrected chi connectivity index (χ4v) is 4.41. The number of anilines is 1. The maximum absolute atomic E-state index is 14.6. The molecule has 0 bridgehead atoms. The van der Waals surface area contributed by atoms with Gasteiger partial charge in [0.05, 0.1) is 16.4 Å². The Morgan fingerprint density at radius 3 is 2.54 bits per heavy atom. The molecule has 0 saturated carbocycles. The molecule has 1 aromatic heterocycles. The lowest BCUT2D eigenvalue weighted by molar-refractivity contribution is -0.0953. The molecule has 0 aliphatic carbocycles. The molecule has 35 heavy (non-hydrogen) atoms. The Labute approximate surface area is 201 Å². The number of hydrogen-bond acceptors (Lipinski definition) is 4. The summed E-state index contributed by atoms with van der Waals surface area (Å²) in [6.07, 6.45) is -4.81. The van der Waals surface area contributed by atoms with Crippen molar-refractivity contribution in [2.75, 3.05) is 11.4 Å². The minimum absolute atomic E-state index is 0.0398. The third-order valence-electron chi connectivity index (χ3n) is 5.88. The van der Waals surface area contributed by atoms with E-state index in [0.717, 1.165) is 15.6 Å². The van der Waals surface area contributed by atoms with Crippen LogP contribution in [-0.4, -0.2) is 38.1 Å². The van der Waals surface area contributed by atoms with Crippen molar-refractivity contribution in [2.24, 2.45) is 0 Å². The van der Waals surface area contributed by atoms with Gasteiger partial charge in [-0.05, 0) is 42.8 Å². The number of aromatic nitrogens is 3. The van der Waals surface area contributed by atoms with Gasteiger partial charge < -0.3 is 10.0 Å². The van der Waals surface area contributed by atoms with E-state index in [1.165, 1.54) is 34.9 Å². The average molecular weight is 511 g/mol. The van der Waals surface area contributed by atoms with Crippen molar-refractivity contribution in [2.45, 2.75) is 32.2 Å². The molecule has 2 heterocycles. The van der Waals surface area contributed by atoms with Crippen LogP contribution in [0.25, 0.3) is 5.69 Å². The van der Waals surface area contributed by atoms with Gasteiger partial charge in [0.15, 0.2) is 5.82 Å². The Morgan fingerprint density at radius 2 is 1.97 bits per heavy atom. The molecular formula is C23H19ClF4N4O3. The maximum atomic E-state index is 14.6. The molecule has 3 aromatic rings. The number of alkyl halides is 3. The third-order valence-corrected chi connectivity index (χ3v) is 6.19. The summed E-state index contributed by atoms with van der Waals surface area (Å²) in [5.41, 5.74) is -2.16. The fourth-order valence-electron chi connectivity index (χ4n) is 4.15. The second-order valence-electron chi connectivity index (χ2n) is 7.85. The average Bonchev–Trinajstić information content (AvgIpc) is 3.14. The number of carbonyl (C=O) groups excluding carboxylic acids is 1. The first-order valence-corrected chi connectivity index (χ1v) is 10.8. The zero-order valence-electron chi connectivity index (χ0n) is 18.3. The van der Waals surface area contributed by atoms with E-state index in [0.29, 0.717) is 0 Å². The van der Waals surface area contributed by atoms with Crippen molar-refractivity contribution >= 4 is 23.2 Å². The monoisotopic (exact) mass is 510 g/mol. The van der Waals surface area contributed by atoms with Crippen LogP contribution in [0.1, 0.15) is 34.6 Å². The Bertz CT molecular complexity index is 1380. The molecule has 1 aliphatic heterocycles. The van der Waals surface area contributed by atoms with E-state index in [2.05, 4.69) is 11.7 Å². The Kier molecular flexibility index (Phi) is 6.32. The molecule has 0 saturated heterocycles. The van der Waals surface area contributed by atoms with Crippen LogP contribution >= 0.6 is 11.6 Å². The number of carbonyl (C=O) groups is 1. The molecule has 0 spiro atoms. The molecule has 0 fully saturated rings. The summed E-state index contributed by atoms with van der Waals surface area (Å²) in [5.74, 6) is -3.02. The third kappa shape index (κ3) is 4.14. The minimum Gasteiger partial charge on any atom is -0.388 e. The standard InChI is InChI=1S/C23H19ClF4N4O3/c1-3-30-19(11-33)29-32(22(30)35)13-7-8-14-15(9-13)16(12(2)23(26,27)28)10-31(21(14)34)20-17(24)5-4-6-18(20)25/h4-9,16,33H,2-3,10-11H2,1H3/t16-/m0/s1. The molecule has 1 N–H and O–H groups in total. The van der Waals surface area contributed by atoms with Gasteiger partial charge >= 0.3 is 11.9 Å². The highest BCUT2D eigenvalue weighted by molar-refractivity contribution is 6.34. The number of fused-ring (bicyclic) bond motifs is 1. The predicted octanol–water partition coefficient (Wildman–Crippen LogP) is 4.20. The van der Waals surface area contributed by atoms with Crippen molar-refractivity contribution in [1.29, 1.82) is 0 Å². The van der Waals surface area contributed by atoms with E-state index in [1.54, 1.807) is 6.92 Å². The van der Waals surface area contributed by atoms with Gasteiger partial charge in [-0.3, -0.25) is 9.36 Å². The van der Waals surface area contributed by atoms with Crippen LogP contribution in [0.2, 0.25) is 5.02 Å². The summed E-state index contributed by atoms with van der Waals surface area (Å²) >= 11 is 6.09. The highest BCUT2D eigenvalue weighted by atomic mass is 35.5. The normalized spacial score (nSPS) is 15.9. The molecule has 0 radical (unpaired) electrons. The summed E-state index contributed by atoms with van der Waals surface area (Å²) < 4.78 is 58.0. The van der Waals surface area contributed by atoms with Crippen molar-refractivity contribution in [3.05, 3.63) is 86.8 Å².